The summed E-state index contributed by atoms with van der Waals surface area (Å²) in [5.41, 5.74) is 1.68. The van der Waals surface area contributed by atoms with Gasteiger partial charge in [0.05, 0.1) is 11.3 Å². The number of rotatable bonds is 3. The molecule has 2 rings (SSSR count). The lowest BCUT2D eigenvalue weighted by Gasteiger charge is -2.36. The quantitative estimate of drug-likeness (QED) is 0.840. The van der Waals surface area contributed by atoms with Crippen molar-refractivity contribution in [3.05, 3.63) is 28.8 Å². The van der Waals surface area contributed by atoms with Crippen molar-refractivity contribution in [3.63, 3.8) is 0 Å². The van der Waals surface area contributed by atoms with Crippen molar-refractivity contribution in [2.45, 2.75) is 13.3 Å². The van der Waals surface area contributed by atoms with Crippen LogP contribution in [0.25, 0.3) is 0 Å². The summed E-state index contributed by atoms with van der Waals surface area (Å²) in [5.74, 6) is 0. The molecule has 96 valence electrons. The highest BCUT2D eigenvalue weighted by Gasteiger charge is 2.18. The van der Waals surface area contributed by atoms with E-state index in [1.807, 2.05) is 12.1 Å². The van der Waals surface area contributed by atoms with Gasteiger partial charge >= 0.3 is 0 Å². The highest BCUT2D eigenvalue weighted by atomic mass is 35.5. The Balaban J connectivity index is 2.08. The summed E-state index contributed by atoms with van der Waals surface area (Å²) in [6, 6.07) is 7.79. The van der Waals surface area contributed by atoms with Crippen molar-refractivity contribution in [2.75, 3.05) is 37.6 Å². The van der Waals surface area contributed by atoms with Crippen molar-refractivity contribution in [3.8, 4) is 6.07 Å². The molecular formula is C14H18ClN3. The second kappa shape index (κ2) is 6.08. The lowest BCUT2D eigenvalue weighted by molar-refractivity contribution is 0.258. The van der Waals surface area contributed by atoms with E-state index in [-0.39, 0.29) is 0 Å². The maximum atomic E-state index is 9.16. The second-order valence-electron chi connectivity index (χ2n) is 4.60. The van der Waals surface area contributed by atoms with Crippen LogP contribution in [0.2, 0.25) is 5.02 Å². The van der Waals surface area contributed by atoms with Crippen LogP contribution in [0.1, 0.15) is 18.9 Å². The van der Waals surface area contributed by atoms with Gasteiger partial charge in [0.2, 0.25) is 0 Å². The molecule has 3 nitrogen and oxygen atoms in total. The Bertz CT molecular complexity index is 445. The SMILES string of the molecule is CCCN1CCN(c2ccc(Cl)cc2C#N)CC1. The van der Waals surface area contributed by atoms with Crippen molar-refractivity contribution in [1.82, 2.24) is 4.90 Å². The third kappa shape index (κ3) is 2.95. The van der Waals surface area contributed by atoms with E-state index in [0.717, 1.165) is 31.9 Å². The van der Waals surface area contributed by atoms with Gasteiger partial charge in [-0.05, 0) is 31.2 Å². The van der Waals surface area contributed by atoms with Crippen LogP contribution >= 0.6 is 11.6 Å². The third-order valence-electron chi connectivity index (χ3n) is 3.33. The van der Waals surface area contributed by atoms with Gasteiger partial charge in [0, 0.05) is 31.2 Å². The van der Waals surface area contributed by atoms with Gasteiger partial charge in [-0.15, -0.1) is 0 Å². The fourth-order valence-corrected chi connectivity index (χ4v) is 2.57. The van der Waals surface area contributed by atoms with Crippen molar-refractivity contribution < 1.29 is 0 Å². The minimum atomic E-state index is 0.625. The van der Waals surface area contributed by atoms with Gasteiger partial charge in [0.15, 0.2) is 0 Å². The third-order valence-corrected chi connectivity index (χ3v) is 3.57. The topological polar surface area (TPSA) is 30.3 Å². The maximum absolute atomic E-state index is 9.16. The Hall–Kier alpha value is -1.24. The van der Waals surface area contributed by atoms with Crippen LogP contribution in [-0.2, 0) is 0 Å². The number of halogens is 1. The zero-order valence-electron chi connectivity index (χ0n) is 10.7. The molecule has 1 aromatic carbocycles. The van der Waals surface area contributed by atoms with E-state index < -0.39 is 0 Å². The zero-order chi connectivity index (χ0) is 13.0. The summed E-state index contributed by atoms with van der Waals surface area (Å²) in [7, 11) is 0. The molecule has 18 heavy (non-hydrogen) atoms. The highest BCUT2D eigenvalue weighted by Crippen LogP contribution is 2.24. The number of nitrogens with zero attached hydrogens (tertiary/aromatic N) is 3. The monoisotopic (exact) mass is 263 g/mol. The number of piperazine rings is 1. The normalized spacial score (nSPS) is 16.6. The molecule has 0 aliphatic carbocycles. The van der Waals surface area contributed by atoms with Crippen LogP contribution in [0, 0.1) is 11.3 Å². The van der Waals surface area contributed by atoms with Crippen LogP contribution in [-0.4, -0.2) is 37.6 Å². The van der Waals surface area contributed by atoms with Crippen LogP contribution in [0.4, 0.5) is 5.69 Å². The second-order valence-corrected chi connectivity index (χ2v) is 5.04. The van der Waals surface area contributed by atoms with Crippen LogP contribution in [0.5, 0.6) is 0 Å². The summed E-state index contributed by atoms with van der Waals surface area (Å²) < 4.78 is 0. The summed E-state index contributed by atoms with van der Waals surface area (Å²) in [4.78, 5) is 4.75. The van der Waals surface area contributed by atoms with E-state index in [4.69, 9.17) is 16.9 Å². The molecule has 1 aliphatic heterocycles. The lowest BCUT2D eigenvalue weighted by atomic mass is 10.1. The molecule has 0 unspecified atom stereocenters. The molecule has 0 saturated carbocycles. The van der Waals surface area contributed by atoms with E-state index in [0.29, 0.717) is 10.6 Å². The largest absolute Gasteiger partial charge is 0.368 e. The minimum absolute atomic E-state index is 0.625. The first kappa shape index (κ1) is 13.2. The Morgan fingerprint density at radius 3 is 2.61 bits per heavy atom. The van der Waals surface area contributed by atoms with E-state index in [2.05, 4.69) is 22.8 Å². The standard InChI is InChI=1S/C14H18ClN3/c1-2-5-17-6-8-18(9-7-17)14-4-3-13(15)10-12(14)11-16/h3-4,10H,2,5-9H2,1H3. The Kier molecular flexibility index (Phi) is 4.46. The first-order valence-corrected chi connectivity index (χ1v) is 6.79. The molecule has 0 atom stereocenters. The van der Waals surface area contributed by atoms with Crippen LogP contribution in [0.15, 0.2) is 18.2 Å². The van der Waals surface area contributed by atoms with Gasteiger partial charge < -0.3 is 4.90 Å². The summed E-state index contributed by atoms with van der Waals surface area (Å²) in [6.07, 6.45) is 1.20. The maximum Gasteiger partial charge on any atom is 0.101 e. The number of benzene rings is 1. The Labute approximate surface area is 114 Å². The van der Waals surface area contributed by atoms with Crippen molar-refractivity contribution in [2.24, 2.45) is 0 Å². The van der Waals surface area contributed by atoms with Crippen molar-refractivity contribution >= 4 is 17.3 Å². The molecule has 0 radical (unpaired) electrons. The molecule has 1 heterocycles. The number of nitriles is 1. The summed E-state index contributed by atoms with van der Waals surface area (Å²) >= 11 is 5.92. The fraction of sp³-hybridized carbons (Fsp3) is 0.500. The lowest BCUT2D eigenvalue weighted by Crippen LogP contribution is -2.46. The van der Waals surface area contributed by atoms with Gasteiger partial charge in [-0.2, -0.15) is 5.26 Å². The molecule has 0 N–H and O–H groups in total. The van der Waals surface area contributed by atoms with E-state index in [1.54, 1.807) is 6.07 Å². The first-order valence-electron chi connectivity index (χ1n) is 6.41. The van der Waals surface area contributed by atoms with Gasteiger partial charge in [-0.1, -0.05) is 18.5 Å². The van der Waals surface area contributed by atoms with E-state index in [9.17, 15) is 0 Å². The van der Waals surface area contributed by atoms with Gasteiger partial charge in [0.25, 0.3) is 0 Å². The van der Waals surface area contributed by atoms with E-state index in [1.165, 1.54) is 13.0 Å². The molecule has 1 saturated heterocycles. The van der Waals surface area contributed by atoms with E-state index >= 15 is 0 Å². The number of anilines is 1. The first-order chi connectivity index (χ1) is 8.74. The molecule has 4 heteroatoms. The summed E-state index contributed by atoms with van der Waals surface area (Å²) in [6.45, 7) is 7.48. The molecule has 1 aromatic rings. The Morgan fingerprint density at radius 2 is 2.00 bits per heavy atom. The van der Waals surface area contributed by atoms with Gasteiger partial charge in [0.1, 0.15) is 6.07 Å². The van der Waals surface area contributed by atoms with Gasteiger partial charge in [-0.3, -0.25) is 4.90 Å². The average molecular weight is 264 g/mol. The molecule has 1 aliphatic rings. The van der Waals surface area contributed by atoms with Gasteiger partial charge in [-0.25, -0.2) is 0 Å². The molecule has 0 bridgehead atoms. The average Bonchev–Trinajstić information content (AvgIpc) is 2.40. The molecule has 0 spiro atoms. The number of hydrogen-bond donors (Lipinski definition) is 0. The molecule has 0 amide bonds. The highest BCUT2D eigenvalue weighted by molar-refractivity contribution is 6.30. The fourth-order valence-electron chi connectivity index (χ4n) is 2.40. The van der Waals surface area contributed by atoms with Crippen molar-refractivity contribution in [1.29, 1.82) is 5.26 Å². The summed E-state index contributed by atoms with van der Waals surface area (Å²) in [5, 5.41) is 9.79. The van der Waals surface area contributed by atoms with Crippen LogP contribution < -0.4 is 4.90 Å². The number of hydrogen-bond acceptors (Lipinski definition) is 3. The molecule has 0 aromatic heterocycles. The predicted molar refractivity (Wildman–Crippen MR) is 75.1 cm³/mol. The smallest absolute Gasteiger partial charge is 0.101 e. The Morgan fingerprint density at radius 1 is 1.28 bits per heavy atom. The predicted octanol–water partition coefficient (Wildman–Crippen LogP) is 2.74. The zero-order valence-corrected chi connectivity index (χ0v) is 11.5. The molecule has 1 fully saturated rings. The minimum Gasteiger partial charge on any atom is -0.368 e. The molecular weight excluding hydrogens is 246 g/mol. The van der Waals surface area contributed by atoms with Crippen LogP contribution in [0.3, 0.4) is 0 Å².